The molecule has 0 saturated carbocycles. The van der Waals surface area contributed by atoms with Crippen molar-refractivity contribution < 1.29 is 19.4 Å². The highest BCUT2D eigenvalue weighted by Crippen LogP contribution is 2.39. The number of rotatable bonds is 5. The van der Waals surface area contributed by atoms with Gasteiger partial charge in [-0.3, -0.25) is 14.6 Å². The van der Waals surface area contributed by atoms with E-state index in [9.17, 15) is 14.7 Å². The van der Waals surface area contributed by atoms with E-state index in [1.165, 1.54) is 0 Å². The predicted octanol–water partition coefficient (Wildman–Crippen LogP) is 1.99. The number of hydrogen-bond acceptors (Lipinski definition) is 5. The van der Waals surface area contributed by atoms with Crippen LogP contribution in [0.2, 0.25) is 5.02 Å². The van der Waals surface area contributed by atoms with E-state index in [2.05, 4.69) is 15.5 Å². The number of carbonyl (C=O) groups is 2. The summed E-state index contributed by atoms with van der Waals surface area (Å²) in [4.78, 5) is 29.4. The lowest BCUT2D eigenvalue weighted by atomic mass is 9.95. The zero-order valence-corrected chi connectivity index (χ0v) is 17.1. The van der Waals surface area contributed by atoms with Crippen LogP contribution in [0.15, 0.2) is 48.5 Å². The predicted molar refractivity (Wildman–Crippen MR) is 114 cm³/mol. The molecule has 0 aromatic heterocycles. The number of nitrogens with zero attached hydrogens (tertiary/aromatic N) is 2. The van der Waals surface area contributed by atoms with Crippen molar-refractivity contribution in [3.63, 3.8) is 0 Å². The van der Waals surface area contributed by atoms with Crippen molar-refractivity contribution in [3.8, 4) is 0 Å². The maximum Gasteiger partial charge on any atom is 0.329 e. The molecular weight excluding hydrogens is 408 g/mol. The zero-order chi connectivity index (χ0) is 21.1. The van der Waals surface area contributed by atoms with Gasteiger partial charge in [-0.2, -0.15) is 0 Å². The number of fused-ring (bicyclic) bond motifs is 1. The minimum atomic E-state index is -2.21. The topological polar surface area (TPSA) is 94.1 Å². The van der Waals surface area contributed by atoms with E-state index in [-0.39, 0.29) is 0 Å². The molecule has 0 unspecified atom stereocenters. The molecule has 2 heterocycles. The van der Waals surface area contributed by atoms with Crippen molar-refractivity contribution in [1.29, 1.82) is 0 Å². The Morgan fingerprint density at radius 1 is 1.17 bits per heavy atom. The number of aliphatic hydroxyl groups is 1. The minimum absolute atomic E-state index is 0.295. The molecule has 30 heavy (non-hydrogen) atoms. The summed E-state index contributed by atoms with van der Waals surface area (Å²) in [5.41, 5.74) is -1.18. The highest BCUT2D eigenvalue weighted by Gasteiger charge is 2.51. The number of carbonyl (C=O) groups excluding carboxylic acids is 2. The number of ether oxygens (including phenoxy) is 1. The summed E-state index contributed by atoms with van der Waals surface area (Å²) in [6, 6.07) is 12.5. The highest BCUT2D eigenvalue weighted by molar-refractivity contribution is 6.30. The number of urea groups is 1. The SMILES string of the molecule is O=C1Nc2ccccc2[C@](O)(C(=O)NCCN2CCOCC2)N1c1ccc(Cl)cc1. The molecule has 0 bridgehead atoms. The summed E-state index contributed by atoms with van der Waals surface area (Å²) in [5.74, 6) is -0.673. The summed E-state index contributed by atoms with van der Waals surface area (Å²) >= 11 is 5.97. The Morgan fingerprint density at radius 2 is 1.87 bits per heavy atom. The third-order valence-electron chi connectivity index (χ3n) is 5.29. The quantitative estimate of drug-likeness (QED) is 0.674. The average molecular weight is 431 g/mol. The van der Waals surface area contributed by atoms with Gasteiger partial charge in [0.15, 0.2) is 0 Å². The molecule has 9 heteroatoms. The van der Waals surface area contributed by atoms with E-state index in [4.69, 9.17) is 16.3 Å². The maximum absolute atomic E-state index is 13.3. The second kappa shape index (κ2) is 8.61. The third-order valence-corrected chi connectivity index (χ3v) is 5.54. The number of morpholine rings is 1. The Morgan fingerprint density at radius 3 is 2.60 bits per heavy atom. The van der Waals surface area contributed by atoms with Crippen molar-refractivity contribution >= 4 is 34.9 Å². The smallest absolute Gasteiger partial charge is 0.329 e. The highest BCUT2D eigenvalue weighted by atomic mass is 35.5. The Kier molecular flexibility index (Phi) is 5.92. The zero-order valence-electron chi connectivity index (χ0n) is 16.3. The molecule has 2 aromatic carbocycles. The van der Waals surface area contributed by atoms with Crippen LogP contribution in [0.1, 0.15) is 5.56 Å². The van der Waals surface area contributed by atoms with Gasteiger partial charge in [0, 0.05) is 42.5 Å². The van der Waals surface area contributed by atoms with Crippen LogP contribution in [0.25, 0.3) is 0 Å². The van der Waals surface area contributed by atoms with Crippen LogP contribution in [0.3, 0.4) is 0 Å². The standard InChI is InChI=1S/C21H23ClN4O4/c22-15-5-7-16(8-6-15)26-20(28)24-18-4-2-1-3-17(18)21(26,29)19(27)23-9-10-25-11-13-30-14-12-25/h1-8,29H,9-14H2,(H,23,27)(H,24,28)/t21-/m0/s1. The Balaban J connectivity index is 1.63. The molecule has 3 N–H and O–H groups in total. The summed E-state index contributed by atoms with van der Waals surface area (Å²) in [7, 11) is 0. The van der Waals surface area contributed by atoms with Gasteiger partial charge < -0.3 is 20.5 Å². The van der Waals surface area contributed by atoms with Crippen LogP contribution in [0.5, 0.6) is 0 Å². The van der Waals surface area contributed by atoms with E-state index in [1.807, 2.05) is 0 Å². The molecule has 8 nitrogen and oxygen atoms in total. The molecule has 2 aliphatic rings. The fraction of sp³-hybridized carbons (Fsp3) is 0.333. The monoisotopic (exact) mass is 430 g/mol. The van der Waals surface area contributed by atoms with Gasteiger partial charge in [-0.15, -0.1) is 0 Å². The summed E-state index contributed by atoms with van der Waals surface area (Å²) < 4.78 is 5.33. The van der Waals surface area contributed by atoms with Gasteiger partial charge in [-0.05, 0) is 30.3 Å². The van der Waals surface area contributed by atoms with E-state index >= 15 is 0 Å². The first-order valence-corrected chi connectivity index (χ1v) is 10.1. The molecule has 0 spiro atoms. The van der Waals surface area contributed by atoms with Crippen LogP contribution in [-0.2, 0) is 15.3 Å². The van der Waals surface area contributed by atoms with Crippen molar-refractivity contribution in [2.45, 2.75) is 5.72 Å². The fourth-order valence-electron chi connectivity index (χ4n) is 3.73. The number of anilines is 2. The van der Waals surface area contributed by atoms with Gasteiger partial charge in [0.2, 0.25) is 0 Å². The normalized spacial score (nSPS) is 21.7. The number of halogens is 1. The van der Waals surface area contributed by atoms with Gasteiger partial charge in [0.05, 0.1) is 18.9 Å². The molecular formula is C21H23ClN4O4. The van der Waals surface area contributed by atoms with Crippen LogP contribution in [0.4, 0.5) is 16.2 Å². The molecule has 158 valence electrons. The molecule has 2 aromatic rings. The van der Waals surface area contributed by atoms with Crippen LogP contribution >= 0.6 is 11.6 Å². The molecule has 0 radical (unpaired) electrons. The van der Waals surface area contributed by atoms with Gasteiger partial charge in [0.1, 0.15) is 0 Å². The molecule has 0 aliphatic carbocycles. The first kappa shape index (κ1) is 20.6. The van der Waals surface area contributed by atoms with Gasteiger partial charge in [0.25, 0.3) is 11.6 Å². The molecule has 1 fully saturated rings. The maximum atomic E-state index is 13.3. The first-order chi connectivity index (χ1) is 14.5. The molecule has 2 aliphatic heterocycles. The molecule has 4 rings (SSSR count). The van der Waals surface area contributed by atoms with E-state index in [0.717, 1.165) is 18.0 Å². The van der Waals surface area contributed by atoms with Crippen LogP contribution < -0.4 is 15.5 Å². The number of nitrogens with one attached hydrogen (secondary N) is 2. The van der Waals surface area contributed by atoms with Gasteiger partial charge >= 0.3 is 6.03 Å². The molecule has 1 atom stereocenters. The summed E-state index contributed by atoms with van der Waals surface area (Å²) in [5, 5.41) is 17.7. The fourth-order valence-corrected chi connectivity index (χ4v) is 3.85. The van der Waals surface area contributed by atoms with Crippen molar-refractivity contribution in [2.75, 3.05) is 49.6 Å². The van der Waals surface area contributed by atoms with Gasteiger partial charge in [-0.25, -0.2) is 4.79 Å². The van der Waals surface area contributed by atoms with Crippen molar-refractivity contribution in [3.05, 3.63) is 59.1 Å². The van der Waals surface area contributed by atoms with Crippen molar-refractivity contribution in [2.24, 2.45) is 0 Å². The Bertz CT molecular complexity index is 933. The van der Waals surface area contributed by atoms with E-state index < -0.39 is 17.7 Å². The summed E-state index contributed by atoms with van der Waals surface area (Å²) in [6.07, 6.45) is 0. The minimum Gasteiger partial charge on any atom is -0.379 e. The average Bonchev–Trinajstić information content (AvgIpc) is 2.75. The lowest BCUT2D eigenvalue weighted by Crippen LogP contribution is -2.63. The van der Waals surface area contributed by atoms with E-state index in [0.29, 0.717) is 48.3 Å². The Labute approximate surface area is 179 Å². The first-order valence-electron chi connectivity index (χ1n) is 9.77. The van der Waals surface area contributed by atoms with Crippen LogP contribution in [0, 0.1) is 0 Å². The van der Waals surface area contributed by atoms with E-state index in [1.54, 1.807) is 48.5 Å². The number of hydrogen-bond donors (Lipinski definition) is 3. The molecule has 1 saturated heterocycles. The summed E-state index contributed by atoms with van der Waals surface area (Å²) in [6.45, 7) is 3.87. The number of amides is 3. The number of benzene rings is 2. The largest absolute Gasteiger partial charge is 0.379 e. The second-order valence-electron chi connectivity index (χ2n) is 7.17. The van der Waals surface area contributed by atoms with Crippen molar-refractivity contribution in [1.82, 2.24) is 10.2 Å². The molecule has 3 amide bonds. The third kappa shape index (κ3) is 3.87. The number of para-hydroxylation sites is 1. The second-order valence-corrected chi connectivity index (χ2v) is 7.61. The lowest BCUT2D eigenvalue weighted by molar-refractivity contribution is -0.140. The van der Waals surface area contributed by atoms with Gasteiger partial charge in [-0.1, -0.05) is 29.8 Å². The Hall–Kier alpha value is -2.65. The van der Waals surface area contributed by atoms with Crippen LogP contribution in [-0.4, -0.2) is 61.3 Å². The lowest BCUT2D eigenvalue weighted by Gasteiger charge is -2.42.